The zero-order chi connectivity index (χ0) is 23.5. The Hall–Kier alpha value is -1.71. The van der Waals surface area contributed by atoms with Gasteiger partial charge < -0.3 is 4.74 Å². The third-order valence-corrected chi connectivity index (χ3v) is 8.04. The normalized spacial score (nSPS) is 12.6. The van der Waals surface area contributed by atoms with E-state index in [0.717, 1.165) is 19.9 Å². The van der Waals surface area contributed by atoms with Crippen molar-refractivity contribution in [2.24, 2.45) is 0 Å². The van der Waals surface area contributed by atoms with Crippen LogP contribution in [0.5, 0.6) is 0 Å². The molecule has 0 fully saturated rings. The first-order chi connectivity index (χ1) is 15.1. The van der Waals surface area contributed by atoms with Gasteiger partial charge in [-0.2, -0.15) is 0 Å². The van der Waals surface area contributed by atoms with Crippen LogP contribution in [-0.2, 0) is 21.2 Å². The summed E-state index contributed by atoms with van der Waals surface area (Å²) in [5, 5.41) is 0.576. The molecule has 0 aliphatic rings. The van der Waals surface area contributed by atoms with Gasteiger partial charge in [-0.25, -0.2) is 17.5 Å². The van der Waals surface area contributed by atoms with Gasteiger partial charge in [-0.3, -0.25) is 0 Å². The monoisotopic (exact) mass is 599 g/mol. The maximum atomic E-state index is 13.1. The molecule has 5 nitrogen and oxygen atoms in total. The van der Waals surface area contributed by atoms with Gasteiger partial charge in [0.1, 0.15) is 6.10 Å². The van der Waals surface area contributed by atoms with Crippen molar-refractivity contribution in [2.75, 3.05) is 14.1 Å². The molecule has 0 saturated carbocycles. The molecule has 0 aromatic heterocycles. The number of rotatable bonds is 7. The van der Waals surface area contributed by atoms with Gasteiger partial charge in [-0.1, -0.05) is 51.8 Å². The van der Waals surface area contributed by atoms with Gasteiger partial charge in [-0.15, -0.1) is 0 Å². The van der Waals surface area contributed by atoms with Crippen LogP contribution in [-0.4, -0.2) is 32.8 Å². The minimum absolute atomic E-state index is 0.00797. The van der Waals surface area contributed by atoms with E-state index >= 15 is 0 Å². The van der Waals surface area contributed by atoms with Crippen LogP contribution >= 0.6 is 43.5 Å². The number of nitrogens with zero attached hydrogens (tertiary/aromatic N) is 1. The number of esters is 1. The van der Waals surface area contributed by atoms with Gasteiger partial charge in [0.25, 0.3) is 0 Å². The van der Waals surface area contributed by atoms with Crippen molar-refractivity contribution in [3.8, 4) is 0 Å². The summed E-state index contributed by atoms with van der Waals surface area (Å²) in [7, 11) is -0.833. The third-order valence-electron chi connectivity index (χ3n) is 4.76. The van der Waals surface area contributed by atoms with Gasteiger partial charge in [0, 0.05) is 34.5 Å². The Labute approximate surface area is 209 Å². The Morgan fingerprint density at radius 1 is 1.00 bits per heavy atom. The minimum Gasteiger partial charge on any atom is -0.454 e. The molecule has 1 unspecified atom stereocenters. The van der Waals surface area contributed by atoms with Crippen LogP contribution in [0.1, 0.15) is 27.6 Å². The van der Waals surface area contributed by atoms with Crippen molar-refractivity contribution >= 4 is 59.5 Å². The molecule has 0 aliphatic heterocycles. The highest BCUT2D eigenvalue weighted by Gasteiger charge is 2.24. The van der Waals surface area contributed by atoms with E-state index in [0.29, 0.717) is 15.9 Å². The summed E-state index contributed by atoms with van der Waals surface area (Å²) in [5.74, 6) is -0.634. The smallest absolute Gasteiger partial charge is 0.339 e. The fraction of sp³-hybridized carbons (Fsp3) is 0.174. The maximum Gasteiger partial charge on any atom is 0.339 e. The second-order valence-electron chi connectivity index (χ2n) is 7.21. The van der Waals surface area contributed by atoms with E-state index in [1.54, 1.807) is 24.3 Å². The zero-order valence-electron chi connectivity index (χ0n) is 17.3. The second-order valence-corrected chi connectivity index (χ2v) is 11.6. The van der Waals surface area contributed by atoms with Crippen LogP contribution < -0.4 is 0 Å². The molecule has 3 aromatic rings. The Bertz CT molecular complexity index is 1210. The van der Waals surface area contributed by atoms with Crippen LogP contribution in [0.15, 0.2) is 80.6 Å². The molecule has 0 heterocycles. The van der Waals surface area contributed by atoms with Crippen LogP contribution in [0.25, 0.3) is 0 Å². The van der Waals surface area contributed by atoms with Gasteiger partial charge in [0.05, 0.1) is 10.5 Å². The molecule has 1 atom stereocenters. The number of carbonyl (C=O) groups is 1. The van der Waals surface area contributed by atoms with Crippen molar-refractivity contribution in [1.82, 2.24) is 4.31 Å². The van der Waals surface area contributed by atoms with E-state index < -0.39 is 22.1 Å². The van der Waals surface area contributed by atoms with E-state index in [-0.39, 0.29) is 10.5 Å². The lowest BCUT2D eigenvalue weighted by atomic mass is 10.0. The van der Waals surface area contributed by atoms with Crippen molar-refractivity contribution in [2.45, 2.75) is 17.4 Å². The fourth-order valence-corrected chi connectivity index (χ4v) is 4.69. The number of benzene rings is 3. The van der Waals surface area contributed by atoms with Crippen molar-refractivity contribution in [1.29, 1.82) is 0 Å². The molecule has 0 bridgehead atoms. The summed E-state index contributed by atoms with van der Waals surface area (Å²) < 4.78 is 33.4. The molecule has 0 radical (unpaired) electrons. The summed E-state index contributed by atoms with van der Waals surface area (Å²) in [6.45, 7) is 0. The van der Waals surface area contributed by atoms with Crippen LogP contribution in [0.4, 0.5) is 0 Å². The molecule has 9 heteroatoms. The molecule has 168 valence electrons. The molecule has 0 aliphatic carbocycles. The average Bonchev–Trinajstić information content (AvgIpc) is 2.75. The third kappa shape index (κ3) is 5.99. The van der Waals surface area contributed by atoms with Crippen molar-refractivity contribution in [3.63, 3.8) is 0 Å². The number of halogens is 3. The molecular formula is C23H20Br2ClNO4S. The molecule has 0 spiro atoms. The Morgan fingerprint density at radius 3 is 2.22 bits per heavy atom. The Morgan fingerprint density at radius 2 is 1.62 bits per heavy atom. The quantitative estimate of drug-likeness (QED) is 0.300. The second kappa shape index (κ2) is 10.5. The first-order valence-electron chi connectivity index (χ1n) is 9.51. The van der Waals surface area contributed by atoms with E-state index in [2.05, 4.69) is 31.9 Å². The highest BCUT2D eigenvalue weighted by Crippen LogP contribution is 2.29. The lowest BCUT2D eigenvalue weighted by Crippen LogP contribution is -2.23. The van der Waals surface area contributed by atoms with Gasteiger partial charge in [0.15, 0.2) is 0 Å². The predicted octanol–water partition coefficient (Wildman–Crippen LogP) is 6.26. The zero-order valence-corrected chi connectivity index (χ0v) is 22.0. The van der Waals surface area contributed by atoms with Crippen LogP contribution in [0.2, 0.25) is 5.02 Å². The first-order valence-corrected chi connectivity index (χ1v) is 12.9. The maximum absolute atomic E-state index is 13.1. The molecule has 3 rings (SSSR count). The summed E-state index contributed by atoms with van der Waals surface area (Å²) in [6, 6.07) is 19.1. The van der Waals surface area contributed by atoms with E-state index in [1.165, 1.54) is 32.3 Å². The van der Waals surface area contributed by atoms with Gasteiger partial charge in [-0.05, 0) is 69.5 Å². The van der Waals surface area contributed by atoms with Crippen molar-refractivity contribution in [3.05, 3.63) is 97.4 Å². The Balaban J connectivity index is 1.94. The number of ether oxygens (including phenoxy) is 1. The summed E-state index contributed by atoms with van der Waals surface area (Å²) in [4.78, 5) is 13.1. The number of sulfonamides is 1. The summed E-state index contributed by atoms with van der Waals surface area (Å²) >= 11 is 12.8. The average molecular weight is 602 g/mol. The lowest BCUT2D eigenvalue weighted by molar-refractivity contribution is 0.0296. The topological polar surface area (TPSA) is 63.7 Å². The number of carbonyl (C=O) groups excluding carboxylic acids is 1. The van der Waals surface area contributed by atoms with Gasteiger partial charge >= 0.3 is 5.97 Å². The SMILES string of the molecule is CN(C)S(=O)(=O)c1ccc(Br)c(C(=O)OC(Cc2ccc(Br)cc2)c2ccc(Cl)cc2)c1. The molecule has 32 heavy (non-hydrogen) atoms. The number of hydrogen-bond donors (Lipinski definition) is 0. The largest absolute Gasteiger partial charge is 0.454 e. The van der Waals surface area contributed by atoms with Crippen LogP contribution in [0.3, 0.4) is 0 Å². The fourth-order valence-electron chi connectivity index (χ4n) is 2.96. The molecule has 0 saturated heterocycles. The van der Waals surface area contributed by atoms with Gasteiger partial charge in [0.2, 0.25) is 10.0 Å². The van der Waals surface area contributed by atoms with E-state index in [9.17, 15) is 13.2 Å². The molecular weight excluding hydrogens is 582 g/mol. The minimum atomic E-state index is -3.70. The first kappa shape index (κ1) is 24.9. The lowest BCUT2D eigenvalue weighted by Gasteiger charge is -2.20. The molecule has 3 aromatic carbocycles. The summed E-state index contributed by atoms with van der Waals surface area (Å²) in [5.41, 5.74) is 1.88. The predicted molar refractivity (Wildman–Crippen MR) is 132 cm³/mol. The number of hydrogen-bond acceptors (Lipinski definition) is 4. The standard InChI is InChI=1S/C23H20Br2ClNO4S/c1-27(2)32(29,30)19-11-12-21(25)20(14-19)23(28)31-22(16-5-9-18(26)10-6-16)13-15-3-7-17(24)8-4-15/h3-12,14,22H,13H2,1-2H3. The highest BCUT2D eigenvalue weighted by atomic mass is 79.9. The summed E-state index contributed by atoms with van der Waals surface area (Å²) in [6.07, 6.45) is -0.157. The Kier molecular flexibility index (Phi) is 8.16. The highest BCUT2D eigenvalue weighted by molar-refractivity contribution is 9.10. The van der Waals surface area contributed by atoms with E-state index in [1.807, 2.05) is 24.3 Å². The van der Waals surface area contributed by atoms with Crippen LogP contribution in [0, 0.1) is 0 Å². The molecule has 0 N–H and O–H groups in total. The van der Waals surface area contributed by atoms with E-state index in [4.69, 9.17) is 16.3 Å². The molecule has 0 amide bonds. The van der Waals surface area contributed by atoms with Crippen molar-refractivity contribution < 1.29 is 17.9 Å².